The summed E-state index contributed by atoms with van der Waals surface area (Å²) in [5.74, 6) is 1.13. The lowest BCUT2D eigenvalue weighted by Gasteiger charge is -2.09. The lowest BCUT2D eigenvalue weighted by atomic mass is 10.0. The minimum Gasteiger partial charge on any atom is -0.496 e. The van der Waals surface area contributed by atoms with Gasteiger partial charge >= 0.3 is 0 Å². The second kappa shape index (κ2) is 11.8. The van der Waals surface area contributed by atoms with Crippen LogP contribution in [-0.4, -0.2) is 38.9 Å². The summed E-state index contributed by atoms with van der Waals surface area (Å²) >= 11 is 2.78. The summed E-state index contributed by atoms with van der Waals surface area (Å²) in [6.45, 7) is 0. The Morgan fingerprint density at radius 1 is 0.865 bits per heavy atom. The van der Waals surface area contributed by atoms with E-state index < -0.39 is 0 Å². The van der Waals surface area contributed by atoms with Crippen molar-refractivity contribution >= 4 is 34.1 Å². The predicted octanol–water partition coefficient (Wildman–Crippen LogP) is 6.46. The van der Waals surface area contributed by atoms with Gasteiger partial charge in [-0.2, -0.15) is 0 Å². The van der Waals surface area contributed by atoms with Crippen molar-refractivity contribution in [2.24, 2.45) is 0 Å². The van der Waals surface area contributed by atoms with Crippen LogP contribution in [-0.2, 0) is 4.79 Å². The van der Waals surface area contributed by atoms with Gasteiger partial charge in [0.25, 0.3) is 0 Å². The van der Waals surface area contributed by atoms with E-state index in [1.165, 1.54) is 23.1 Å². The minimum absolute atomic E-state index is 0.120. The molecule has 2 aromatic heterocycles. The minimum atomic E-state index is -0.120. The molecule has 1 amide bonds. The van der Waals surface area contributed by atoms with Gasteiger partial charge in [-0.15, -0.1) is 21.5 Å². The lowest BCUT2D eigenvalue weighted by molar-refractivity contribution is -0.115. The number of ether oxygens (including phenoxy) is 1. The molecular formula is C28H23N5O2S2. The topological polar surface area (TPSA) is 89.9 Å². The molecule has 0 aliphatic carbocycles. The van der Waals surface area contributed by atoms with Gasteiger partial charge in [0.1, 0.15) is 17.1 Å². The fraction of sp³-hybridized carbons (Fsp3) is 0.107. The van der Waals surface area contributed by atoms with Crippen LogP contribution < -0.4 is 10.1 Å². The largest absolute Gasteiger partial charge is 0.496 e. The average molecular weight is 526 g/mol. The first-order valence-electron chi connectivity index (χ1n) is 11.6. The first-order valence-corrected chi connectivity index (χ1v) is 13.4. The highest BCUT2D eigenvalue weighted by molar-refractivity contribution is 7.99. The number of carbonyl (C=O) groups excluding carboxylic acids is 1. The van der Waals surface area contributed by atoms with Gasteiger partial charge in [-0.1, -0.05) is 84.6 Å². The van der Waals surface area contributed by atoms with Gasteiger partial charge in [0.05, 0.1) is 12.8 Å². The second-order valence-corrected chi connectivity index (χ2v) is 9.83. The fourth-order valence-corrected chi connectivity index (χ4v) is 5.14. The second-order valence-electron chi connectivity index (χ2n) is 7.91. The molecule has 184 valence electrons. The molecule has 0 unspecified atom stereocenters. The summed E-state index contributed by atoms with van der Waals surface area (Å²) in [6, 6.07) is 27.5. The molecule has 9 heteroatoms. The summed E-state index contributed by atoms with van der Waals surface area (Å²) in [6.07, 6.45) is 0.290. The van der Waals surface area contributed by atoms with Crippen LogP contribution in [0.2, 0.25) is 0 Å². The summed E-state index contributed by atoms with van der Waals surface area (Å²) in [4.78, 5) is 21.9. The summed E-state index contributed by atoms with van der Waals surface area (Å²) < 4.78 is 5.41. The molecule has 0 spiro atoms. The highest BCUT2D eigenvalue weighted by Crippen LogP contribution is 2.32. The highest BCUT2D eigenvalue weighted by Gasteiger charge is 2.15. The molecule has 7 nitrogen and oxygen atoms in total. The zero-order valence-corrected chi connectivity index (χ0v) is 21.6. The number of aromatic nitrogens is 4. The number of carbonyl (C=O) groups is 1. The number of anilines is 1. The molecule has 5 aromatic rings. The van der Waals surface area contributed by atoms with Crippen LogP contribution in [0.4, 0.5) is 5.13 Å². The molecule has 5 rings (SSSR count). The maximum atomic E-state index is 12.6. The van der Waals surface area contributed by atoms with Crippen LogP contribution in [0, 0.1) is 0 Å². The number of benzene rings is 3. The van der Waals surface area contributed by atoms with Crippen LogP contribution in [0.25, 0.3) is 33.8 Å². The summed E-state index contributed by atoms with van der Waals surface area (Å²) in [5, 5.41) is 14.7. The average Bonchev–Trinajstić information content (AvgIpc) is 3.42. The smallest absolute Gasteiger partial charge is 0.226 e. The Morgan fingerprint density at radius 3 is 2.27 bits per heavy atom. The van der Waals surface area contributed by atoms with E-state index in [0.29, 0.717) is 22.5 Å². The first-order chi connectivity index (χ1) is 18.2. The van der Waals surface area contributed by atoms with Crippen molar-refractivity contribution in [1.29, 1.82) is 0 Å². The fourth-order valence-electron chi connectivity index (χ4n) is 3.69. The molecule has 0 radical (unpaired) electrons. The molecule has 0 atom stereocenters. The van der Waals surface area contributed by atoms with Gasteiger partial charge in [-0.25, -0.2) is 9.97 Å². The summed E-state index contributed by atoms with van der Waals surface area (Å²) in [5.41, 5.74) is 5.05. The number of methoxy groups -OCH3 is 1. The van der Waals surface area contributed by atoms with Crippen molar-refractivity contribution in [2.75, 3.05) is 18.2 Å². The van der Waals surface area contributed by atoms with E-state index >= 15 is 0 Å². The first kappa shape index (κ1) is 24.6. The number of nitrogens with one attached hydrogen (secondary N) is 1. The van der Waals surface area contributed by atoms with Gasteiger partial charge in [0, 0.05) is 34.2 Å². The molecule has 0 aliphatic rings. The third-order valence-electron chi connectivity index (χ3n) is 5.46. The van der Waals surface area contributed by atoms with Crippen LogP contribution in [0.5, 0.6) is 5.75 Å². The number of hydrogen-bond acceptors (Lipinski definition) is 8. The molecule has 0 bridgehead atoms. The predicted molar refractivity (Wildman–Crippen MR) is 149 cm³/mol. The molecule has 2 heterocycles. The number of nitrogens with zero attached hydrogens (tertiary/aromatic N) is 4. The molecule has 0 saturated heterocycles. The molecule has 1 N–H and O–H groups in total. The van der Waals surface area contributed by atoms with Crippen LogP contribution in [0.3, 0.4) is 0 Å². The Bertz CT molecular complexity index is 1490. The number of thioether (sulfide) groups is 1. The van der Waals surface area contributed by atoms with Crippen molar-refractivity contribution in [3.63, 3.8) is 0 Å². The Hall–Kier alpha value is -4.08. The lowest BCUT2D eigenvalue weighted by Crippen LogP contribution is -2.12. The third-order valence-corrected chi connectivity index (χ3v) is 7.05. The van der Waals surface area contributed by atoms with E-state index in [0.717, 1.165) is 39.5 Å². The van der Waals surface area contributed by atoms with E-state index in [4.69, 9.17) is 9.72 Å². The molecular weight excluding hydrogens is 502 g/mol. The Balaban J connectivity index is 1.23. The van der Waals surface area contributed by atoms with Gasteiger partial charge < -0.3 is 10.1 Å². The van der Waals surface area contributed by atoms with E-state index in [2.05, 4.69) is 20.5 Å². The maximum absolute atomic E-state index is 12.6. The van der Waals surface area contributed by atoms with Crippen molar-refractivity contribution in [1.82, 2.24) is 20.2 Å². The number of para-hydroxylation sites is 1. The van der Waals surface area contributed by atoms with E-state index in [-0.39, 0.29) is 5.91 Å². The molecule has 0 aliphatic heterocycles. The van der Waals surface area contributed by atoms with Crippen molar-refractivity contribution in [3.05, 3.63) is 90.3 Å². The molecule has 0 saturated carbocycles. The van der Waals surface area contributed by atoms with Crippen molar-refractivity contribution in [2.45, 2.75) is 11.6 Å². The SMILES string of the molecule is COc1ccccc1-c1csc(NC(=O)CCSc2nnc(-c3ccccc3)c(-c3ccccc3)n2)n1. The van der Waals surface area contributed by atoms with E-state index in [9.17, 15) is 4.79 Å². The Labute approximate surface area is 223 Å². The Morgan fingerprint density at radius 2 is 1.54 bits per heavy atom. The van der Waals surface area contributed by atoms with Crippen LogP contribution in [0.1, 0.15) is 6.42 Å². The molecule has 3 aromatic carbocycles. The zero-order valence-electron chi connectivity index (χ0n) is 20.0. The number of rotatable bonds is 9. The standard InChI is InChI=1S/C28H23N5O2S2/c1-35-23-15-9-8-14-21(23)22-18-37-27(29-22)30-24(34)16-17-36-28-31-25(19-10-4-2-5-11-19)26(32-33-28)20-12-6-3-7-13-20/h2-15,18H,16-17H2,1H3,(H,29,30,34). The van der Waals surface area contributed by atoms with Gasteiger partial charge in [0.15, 0.2) is 5.13 Å². The monoisotopic (exact) mass is 525 g/mol. The highest BCUT2D eigenvalue weighted by atomic mass is 32.2. The van der Waals surface area contributed by atoms with E-state index in [1.807, 2.05) is 90.3 Å². The molecule has 37 heavy (non-hydrogen) atoms. The van der Waals surface area contributed by atoms with E-state index in [1.54, 1.807) is 7.11 Å². The molecule has 0 fully saturated rings. The van der Waals surface area contributed by atoms with Gasteiger partial charge in [-0.05, 0) is 12.1 Å². The third kappa shape index (κ3) is 6.02. The zero-order chi connectivity index (χ0) is 25.5. The number of amides is 1. The normalized spacial score (nSPS) is 10.7. The quantitative estimate of drug-likeness (QED) is 0.221. The van der Waals surface area contributed by atoms with Gasteiger partial charge in [-0.3, -0.25) is 4.79 Å². The van der Waals surface area contributed by atoms with Crippen molar-refractivity contribution in [3.8, 4) is 39.5 Å². The maximum Gasteiger partial charge on any atom is 0.226 e. The number of thiazole rings is 1. The summed E-state index contributed by atoms with van der Waals surface area (Å²) in [7, 11) is 1.63. The van der Waals surface area contributed by atoms with Crippen LogP contribution >= 0.6 is 23.1 Å². The van der Waals surface area contributed by atoms with Crippen LogP contribution in [0.15, 0.2) is 95.5 Å². The van der Waals surface area contributed by atoms with Gasteiger partial charge in [0.2, 0.25) is 11.1 Å². The van der Waals surface area contributed by atoms with Crippen molar-refractivity contribution < 1.29 is 9.53 Å². The Kier molecular flexibility index (Phi) is 7.83. The number of hydrogen-bond donors (Lipinski definition) is 1.